The number of urea groups is 1. The van der Waals surface area contributed by atoms with Crippen molar-refractivity contribution in [3.8, 4) is 5.75 Å². The summed E-state index contributed by atoms with van der Waals surface area (Å²) in [5.41, 5.74) is 0.0361. The zero-order valence-electron chi connectivity index (χ0n) is 14.0. The lowest BCUT2D eigenvalue weighted by Gasteiger charge is -2.39. The SMILES string of the molecule is C=CCC1(C(=O)O)CCCN(C(=O)NCc2ccc(OC)cc2)C1. The maximum Gasteiger partial charge on any atom is 0.317 e. The maximum atomic E-state index is 12.4. The number of amides is 2. The van der Waals surface area contributed by atoms with E-state index in [1.165, 1.54) is 0 Å². The smallest absolute Gasteiger partial charge is 0.317 e. The quantitative estimate of drug-likeness (QED) is 0.785. The molecule has 130 valence electrons. The van der Waals surface area contributed by atoms with E-state index >= 15 is 0 Å². The highest BCUT2D eigenvalue weighted by Crippen LogP contribution is 2.34. The van der Waals surface area contributed by atoms with Crippen LogP contribution in [0, 0.1) is 5.41 Å². The first-order valence-corrected chi connectivity index (χ1v) is 8.01. The van der Waals surface area contributed by atoms with Gasteiger partial charge in [0.1, 0.15) is 5.75 Å². The van der Waals surface area contributed by atoms with E-state index in [2.05, 4.69) is 11.9 Å². The molecule has 6 nitrogen and oxygen atoms in total. The molecule has 1 saturated heterocycles. The van der Waals surface area contributed by atoms with Crippen LogP contribution < -0.4 is 10.1 Å². The Balaban J connectivity index is 1.95. The van der Waals surface area contributed by atoms with Gasteiger partial charge >= 0.3 is 12.0 Å². The van der Waals surface area contributed by atoms with E-state index in [-0.39, 0.29) is 12.6 Å². The molecule has 2 N–H and O–H groups in total. The molecule has 6 heteroatoms. The van der Waals surface area contributed by atoms with Crippen LogP contribution in [0.5, 0.6) is 5.75 Å². The number of carboxylic acids is 1. The summed E-state index contributed by atoms with van der Waals surface area (Å²) in [6.07, 6.45) is 3.23. The van der Waals surface area contributed by atoms with Crippen molar-refractivity contribution < 1.29 is 19.4 Å². The second-order valence-electron chi connectivity index (χ2n) is 6.11. The summed E-state index contributed by atoms with van der Waals surface area (Å²) in [6, 6.07) is 7.20. The summed E-state index contributed by atoms with van der Waals surface area (Å²) in [4.78, 5) is 25.6. The minimum Gasteiger partial charge on any atom is -0.497 e. The Kier molecular flexibility index (Phi) is 5.84. The summed E-state index contributed by atoms with van der Waals surface area (Å²) in [7, 11) is 1.60. The lowest BCUT2D eigenvalue weighted by atomic mass is 9.77. The zero-order chi connectivity index (χ0) is 17.6. The lowest BCUT2D eigenvalue weighted by Crippen LogP contribution is -2.52. The van der Waals surface area contributed by atoms with Crippen molar-refractivity contribution in [3.63, 3.8) is 0 Å². The van der Waals surface area contributed by atoms with E-state index in [1.807, 2.05) is 24.3 Å². The van der Waals surface area contributed by atoms with E-state index in [1.54, 1.807) is 18.1 Å². The summed E-state index contributed by atoms with van der Waals surface area (Å²) in [6.45, 7) is 4.82. The Hall–Kier alpha value is -2.50. The largest absolute Gasteiger partial charge is 0.497 e. The number of rotatable bonds is 6. The van der Waals surface area contributed by atoms with E-state index in [0.29, 0.717) is 32.4 Å². The molecule has 1 atom stereocenters. The molecule has 0 bridgehead atoms. The van der Waals surface area contributed by atoms with Crippen LogP contribution >= 0.6 is 0 Å². The molecule has 2 rings (SSSR count). The first kappa shape index (κ1) is 17.8. The third-order valence-corrected chi connectivity index (χ3v) is 4.46. The number of hydrogen-bond acceptors (Lipinski definition) is 3. The predicted octanol–water partition coefficient (Wildman–Crippen LogP) is 2.65. The van der Waals surface area contributed by atoms with Crippen LogP contribution in [0.1, 0.15) is 24.8 Å². The van der Waals surface area contributed by atoms with E-state index in [4.69, 9.17) is 4.74 Å². The van der Waals surface area contributed by atoms with Gasteiger partial charge in [0.05, 0.1) is 12.5 Å². The number of nitrogens with one attached hydrogen (secondary N) is 1. The molecule has 0 aliphatic carbocycles. The molecule has 1 aromatic rings. The molecular weight excluding hydrogens is 308 g/mol. The Bertz CT molecular complexity index is 600. The van der Waals surface area contributed by atoms with Gasteiger partial charge < -0.3 is 20.1 Å². The lowest BCUT2D eigenvalue weighted by molar-refractivity contribution is -0.151. The highest BCUT2D eigenvalue weighted by Gasteiger charge is 2.42. The van der Waals surface area contributed by atoms with E-state index in [0.717, 1.165) is 11.3 Å². The molecule has 1 fully saturated rings. The number of benzene rings is 1. The third kappa shape index (κ3) is 4.07. The molecule has 0 radical (unpaired) electrons. The topological polar surface area (TPSA) is 78.9 Å². The van der Waals surface area contributed by atoms with Crippen LogP contribution in [0.2, 0.25) is 0 Å². The van der Waals surface area contributed by atoms with Crippen LogP contribution in [0.15, 0.2) is 36.9 Å². The summed E-state index contributed by atoms with van der Waals surface area (Å²) < 4.78 is 5.10. The number of methoxy groups -OCH3 is 1. The number of likely N-dealkylation sites (tertiary alicyclic amines) is 1. The Labute approximate surface area is 142 Å². The first-order valence-electron chi connectivity index (χ1n) is 8.01. The van der Waals surface area contributed by atoms with Crippen molar-refractivity contribution >= 4 is 12.0 Å². The number of carbonyl (C=O) groups excluding carboxylic acids is 1. The molecular formula is C18H24N2O4. The summed E-state index contributed by atoms with van der Waals surface area (Å²) in [5.74, 6) is -0.105. The van der Waals surface area contributed by atoms with Crippen LogP contribution in [-0.4, -0.2) is 42.2 Å². The average Bonchev–Trinajstić information content (AvgIpc) is 2.60. The van der Waals surface area contributed by atoms with Crippen molar-refractivity contribution in [3.05, 3.63) is 42.5 Å². The molecule has 1 heterocycles. The number of carbonyl (C=O) groups is 2. The maximum absolute atomic E-state index is 12.4. The van der Waals surface area contributed by atoms with Crippen molar-refractivity contribution in [1.82, 2.24) is 10.2 Å². The molecule has 1 unspecified atom stereocenters. The van der Waals surface area contributed by atoms with Gasteiger partial charge in [-0.1, -0.05) is 18.2 Å². The minimum atomic E-state index is -0.919. The molecule has 1 aliphatic heterocycles. The fourth-order valence-electron chi connectivity index (χ4n) is 3.04. The molecule has 1 aromatic carbocycles. The highest BCUT2D eigenvalue weighted by atomic mass is 16.5. The average molecular weight is 332 g/mol. The second kappa shape index (κ2) is 7.86. The minimum absolute atomic E-state index is 0.211. The first-order chi connectivity index (χ1) is 11.5. The van der Waals surface area contributed by atoms with Crippen molar-refractivity contribution in [2.45, 2.75) is 25.8 Å². The van der Waals surface area contributed by atoms with E-state index in [9.17, 15) is 14.7 Å². The molecule has 24 heavy (non-hydrogen) atoms. The number of ether oxygens (including phenoxy) is 1. The van der Waals surface area contributed by atoms with Gasteiger partial charge in [0.15, 0.2) is 0 Å². The summed E-state index contributed by atoms with van der Waals surface area (Å²) in [5, 5.41) is 12.4. The molecule has 0 saturated carbocycles. The monoisotopic (exact) mass is 332 g/mol. The fourth-order valence-corrected chi connectivity index (χ4v) is 3.04. The number of aliphatic carboxylic acids is 1. The van der Waals surface area contributed by atoms with Gasteiger partial charge in [-0.05, 0) is 37.0 Å². The summed E-state index contributed by atoms with van der Waals surface area (Å²) >= 11 is 0. The van der Waals surface area contributed by atoms with Crippen molar-refractivity contribution in [2.24, 2.45) is 5.41 Å². The van der Waals surface area contributed by atoms with Crippen LogP contribution in [0.4, 0.5) is 4.79 Å². The number of hydrogen-bond donors (Lipinski definition) is 2. The van der Waals surface area contributed by atoms with Crippen molar-refractivity contribution in [2.75, 3.05) is 20.2 Å². The Morgan fingerprint density at radius 2 is 2.12 bits per heavy atom. The number of nitrogens with zero attached hydrogens (tertiary/aromatic N) is 1. The van der Waals surface area contributed by atoms with Crippen LogP contribution in [-0.2, 0) is 11.3 Å². The van der Waals surface area contributed by atoms with Gasteiger partial charge in [-0.25, -0.2) is 4.79 Å². The number of piperidine rings is 1. The van der Waals surface area contributed by atoms with Gasteiger partial charge in [-0.15, -0.1) is 6.58 Å². The van der Waals surface area contributed by atoms with Gasteiger partial charge in [0.2, 0.25) is 0 Å². The van der Waals surface area contributed by atoms with Gasteiger partial charge in [-0.3, -0.25) is 4.79 Å². The molecule has 1 aliphatic rings. The normalized spacial score (nSPS) is 20.3. The number of carboxylic acid groups (broad SMARTS) is 1. The van der Waals surface area contributed by atoms with Crippen molar-refractivity contribution in [1.29, 1.82) is 0 Å². The number of allylic oxidation sites excluding steroid dienone is 1. The zero-order valence-corrected chi connectivity index (χ0v) is 14.0. The highest BCUT2D eigenvalue weighted by molar-refractivity contribution is 5.79. The Morgan fingerprint density at radius 1 is 1.42 bits per heavy atom. The van der Waals surface area contributed by atoms with Crippen LogP contribution in [0.25, 0.3) is 0 Å². The molecule has 2 amide bonds. The van der Waals surface area contributed by atoms with Gasteiger partial charge in [0.25, 0.3) is 0 Å². The van der Waals surface area contributed by atoms with Gasteiger partial charge in [0, 0.05) is 19.6 Å². The third-order valence-electron chi connectivity index (χ3n) is 4.46. The Morgan fingerprint density at radius 3 is 2.71 bits per heavy atom. The molecule has 0 spiro atoms. The van der Waals surface area contributed by atoms with Crippen LogP contribution in [0.3, 0.4) is 0 Å². The van der Waals surface area contributed by atoms with E-state index < -0.39 is 11.4 Å². The predicted molar refractivity (Wildman–Crippen MR) is 90.9 cm³/mol. The standard InChI is InChI=1S/C18H24N2O4/c1-3-9-18(16(21)22)10-4-11-20(13-18)17(23)19-12-14-5-7-15(24-2)8-6-14/h3,5-8H,1,4,9-13H2,2H3,(H,19,23)(H,21,22). The fraction of sp³-hybridized carbons (Fsp3) is 0.444. The molecule has 0 aromatic heterocycles. The van der Waals surface area contributed by atoms with Gasteiger partial charge in [-0.2, -0.15) is 0 Å². The second-order valence-corrected chi connectivity index (χ2v) is 6.11.